The molecule has 1 N–H and O–H groups in total. The minimum Gasteiger partial charge on any atom is -0.490 e. The Kier molecular flexibility index (Phi) is 6.10. The van der Waals surface area contributed by atoms with E-state index >= 15 is 0 Å². The van der Waals surface area contributed by atoms with Crippen molar-refractivity contribution in [1.29, 1.82) is 0 Å². The number of ether oxygens (including phenoxy) is 1. The smallest absolute Gasteiger partial charge is 0.220 e. The van der Waals surface area contributed by atoms with E-state index < -0.39 is 0 Å². The van der Waals surface area contributed by atoms with Crippen molar-refractivity contribution in [2.75, 3.05) is 13.2 Å². The van der Waals surface area contributed by atoms with E-state index in [4.69, 9.17) is 16.3 Å². The van der Waals surface area contributed by atoms with E-state index in [2.05, 4.69) is 5.32 Å². The fraction of sp³-hybridized carbons (Fsp3) is 0.235. The molecule has 0 atom stereocenters. The molecule has 0 aliphatic rings. The van der Waals surface area contributed by atoms with Crippen LogP contribution in [0.3, 0.4) is 0 Å². The molecule has 2 rings (SSSR count). The van der Waals surface area contributed by atoms with Crippen molar-refractivity contribution in [3.8, 4) is 5.75 Å². The van der Waals surface area contributed by atoms with E-state index in [9.17, 15) is 4.79 Å². The maximum atomic E-state index is 11.7. The van der Waals surface area contributed by atoms with Gasteiger partial charge in [0.1, 0.15) is 12.4 Å². The molecule has 0 aliphatic carbocycles. The van der Waals surface area contributed by atoms with Crippen LogP contribution in [0.2, 0.25) is 5.02 Å². The van der Waals surface area contributed by atoms with Gasteiger partial charge in [-0.25, -0.2) is 0 Å². The predicted octanol–water partition coefficient (Wildman–Crippen LogP) is 3.47. The first-order valence-electron chi connectivity index (χ1n) is 6.93. The molecule has 3 nitrogen and oxygen atoms in total. The molecule has 2 aromatic carbocycles. The third-order valence-corrected chi connectivity index (χ3v) is 3.31. The number of hydrogen-bond acceptors (Lipinski definition) is 2. The summed E-state index contributed by atoms with van der Waals surface area (Å²) in [5, 5.41) is 3.41. The Morgan fingerprint density at radius 2 is 1.76 bits per heavy atom. The van der Waals surface area contributed by atoms with E-state index in [0.717, 1.165) is 6.42 Å². The summed E-state index contributed by atoms with van der Waals surface area (Å²) in [6.45, 7) is 0.875. The highest BCUT2D eigenvalue weighted by molar-refractivity contribution is 6.32. The second kappa shape index (κ2) is 8.32. The Hall–Kier alpha value is -2.00. The Bertz CT molecular complexity index is 572. The second-order valence-corrected chi connectivity index (χ2v) is 5.02. The van der Waals surface area contributed by atoms with Crippen molar-refractivity contribution in [3.63, 3.8) is 0 Å². The molecule has 0 aromatic heterocycles. The molecule has 0 unspecified atom stereocenters. The van der Waals surface area contributed by atoms with Gasteiger partial charge in [0.2, 0.25) is 5.91 Å². The highest BCUT2D eigenvalue weighted by Gasteiger charge is 2.03. The molecule has 21 heavy (non-hydrogen) atoms. The van der Waals surface area contributed by atoms with E-state index in [1.54, 1.807) is 12.1 Å². The molecule has 0 aliphatic heterocycles. The Labute approximate surface area is 129 Å². The second-order valence-electron chi connectivity index (χ2n) is 4.61. The van der Waals surface area contributed by atoms with Crippen molar-refractivity contribution >= 4 is 17.5 Å². The topological polar surface area (TPSA) is 38.3 Å². The molecular weight excluding hydrogens is 286 g/mol. The van der Waals surface area contributed by atoms with Gasteiger partial charge in [0.15, 0.2) is 0 Å². The molecule has 0 saturated carbocycles. The van der Waals surface area contributed by atoms with Crippen LogP contribution in [-0.2, 0) is 11.2 Å². The van der Waals surface area contributed by atoms with Gasteiger partial charge in [0.25, 0.3) is 0 Å². The van der Waals surface area contributed by atoms with Crippen molar-refractivity contribution in [2.45, 2.75) is 12.8 Å². The molecule has 0 heterocycles. The zero-order valence-electron chi connectivity index (χ0n) is 11.7. The maximum Gasteiger partial charge on any atom is 0.220 e. The summed E-state index contributed by atoms with van der Waals surface area (Å²) in [6.07, 6.45) is 1.23. The molecular formula is C17H18ClNO2. The predicted molar refractivity (Wildman–Crippen MR) is 84.7 cm³/mol. The van der Waals surface area contributed by atoms with Crippen LogP contribution in [0.5, 0.6) is 5.75 Å². The van der Waals surface area contributed by atoms with Crippen molar-refractivity contribution < 1.29 is 9.53 Å². The van der Waals surface area contributed by atoms with Crippen molar-refractivity contribution in [3.05, 3.63) is 65.2 Å². The van der Waals surface area contributed by atoms with E-state index in [-0.39, 0.29) is 5.91 Å². The highest BCUT2D eigenvalue weighted by atomic mass is 35.5. The van der Waals surface area contributed by atoms with Crippen LogP contribution in [0.15, 0.2) is 54.6 Å². The number of benzene rings is 2. The number of nitrogens with one attached hydrogen (secondary N) is 1. The van der Waals surface area contributed by atoms with Gasteiger partial charge < -0.3 is 10.1 Å². The first-order valence-corrected chi connectivity index (χ1v) is 7.31. The SMILES string of the molecule is O=C(CCc1ccccc1)NCCOc1ccccc1Cl. The van der Waals surface area contributed by atoms with Crippen LogP contribution in [0, 0.1) is 0 Å². The lowest BCUT2D eigenvalue weighted by atomic mass is 10.1. The van der Waals surface area contributed by atoms with Gasteiger partial charge in [-0.3, -0.25) is 4.79 Å². The quantitative estimate of drug-likeness (QED) is 0.795. The van der Waals surface area contributed by atoms with E-state index in [1.807, 2.05) is 42.5 Å². The molecule has 4 heteroatoms. The van der Waals surface area contributed by atoms with Crippen LogP contribution in [-0.4, -0.2) is 19.1 Å². The van der Waals surface area contributed by atoms with Crippen LogP contribution >= 0.6 is 11.6 Å². The normalized spacial score (nSPS) is 10.1. The highest BCUT2D eigenvalue weighted by Crippen LogP contribution is 2.22. The summed E-state index contributed by atoms with van der Waals surface area (Å²) in [4.78, 5) is 11.7. The van der Waals surface area contributed by atoms with Gasteiger partial charge in [-0.2, -0.15) is 0 Å². The Morgan fingerprint density at radius 1 is 1.05 bits per heavy atom. The minimum absolute atomic E-state index is 0.0293. The standard InChI is InChI=1S/C17H18ClNO2/c18-15-8-4-5-9-16(15)21-13-12-19-17(20)11-10-14-6-2-1-3-7-14/h1-9H,10-13H2,(H,19,20). The van der Waals surface area contributed by atoms with Crippen LogP contribution < -0.4 is 10.1 Å². The number of para-hydroxylation sites is 1. The Morgan fingerprint density at radius 3 is 2.52 bits per heavy atom. The number of carbonyl (C=O) groups is 1. The summed E-state index contributed by atoms with van der Waals surface area (Å²) in [5.41, 5.74) is 1.17. The lowest BCUT2D eigenvalue weighted by Crippen LogP contribution is -2.28. The third kappa shape index (κ3) is 5.48. The maximum absolute atomic E-state index is 11.7. The monoisotopic (exact) mass is 303 g/mol. The van der Waals surface area contributed by atoms with E-state index in [1.165, 1.54) is 5.56 Å². The van der Waals surface area contributed by atoms with Gasteiger partial charge in [-0.15, -0.1) is 0 Å². The molecule has 0 radical (unpaired) electrons. The van der Waals surface area contributed by atoms with Gasteiger partial charge in [0, 0.05) is 6.42 Å². The summed E-state index contributed by atoms with van der Waals surface area (Å²) >= 11 is 5.97. The lowest BCUT2D eigenvalue weighted by Gasteiger charge is -2.09. The van der Waals surface area contributed by atoms with Gasteiger partial charge in [-0.1, -0.05) is 54.1 Å². The molecule has 0 fully saturated rings. The van der Waals surface area contributed by atoms with Crippen LogP contribution in [0.1, 0.15) is 12.0 Å². The zero-order chi connectivity index (χ0) is 14.9. The average Bonchev–Trinajstić information content (AvgIpc) is 2.52. The number of carbonyl (C=O) groups excluding carboxylic acids is 1. The van der Waals surface area contributed by atoms with Crippen LogP contribution in [0.25, 0.3) is 0 Å². The van der Waals surface area contributed by atoms with Crippen LogP contribution in [0.4, 0.5) is 0 Å². The van der Waals surface area contributed by atoms with Gasteiger partial charge in [0.05, 0.1) is 11.6 Å². The number of aryl methyl sites for hydroxylation is 1. The lowest BCUT2D eigenvalue weighted by molar-refractivity contribution is -0.121. The number of halogens is 1. The van der Waals surface area contributed by atoms with Crippen molar-refractivity contribution in [1.82, 2.24) is 5.32 Å². The summed E-state index contributed by atoms with van der Waals surface area (Å²) < 4.78 is 5.50. The third-order valence-electron chi connectivity index (χ3n) is 3.00. The number of hydrogen-bond donors (Lipinski definition) is 1. The zero-order valence-corrected chi connectivity index (χ0v) is 12.5. The first-order chi connectivity index (χ1) is 10.3. The first kappa shape index (κ1) is 15.4. The number of rotatable bonds is 7. The summed E-state index contributed by atoms with van der Waals surface area (Å²) in [7, 11) is 0. The molecule has 0 saturated heterocycles. The van der Waals surface area contributed by atoms with Gasteiger partial charge in [-0.05, 0) is 24.1 Å². The summed E-state index contributed by atoms with van der Waals surface area (Å²) in [5.74, 6) is 0.666. The molecule has 2 aromatic rings. The number of amides is 1. The average molecular weight is 304 g/mol. The minimum atomic E-state index is 0.0293. The summed E-state index contributed by atoms with van der Waals surface area (Å²) in [6, 6.07) is 17.3. The molecule has 110 valence electrons. The van der Waals surface area contributed by atoms with E-state index in [0.29, 0.717) is 30.3 Å². The largest absolute Gasteiger partial charge is 0.490 e. The Balaban J connectivity index is 1.62. The van der Waals surface area contributed by atoms with Gasteiger partial charge >= 0.3 is 0 Å². The molecule has 0 bridgehead atoms. The fourth-order valence-electron chi connectivity index (χ4n) is 1.90. The van der Waals surface area contributed by atoms with Crippen molar-refractivity contribution in [2.24, 2.45) is 0 Å². The fourth-order valence-corrected chi connectivity index (χ4v) is 2.09. The molecule has 1 amide bonds. The molecule has 0 spiro atoms.